The summed E-state index contributed by atoms with van der Waals surface area (Å²) in [4.78, 5) is 27.2. The second kappa shape index (κ2) is 35.2. The number of aromatic nitrogens is 12. The summed E-state index contributed by atoms with van der Waals surface area (Å²) in [6, 6.07) is 126. The molecule has 11 aromatic heterocycles. The first-order valence-corrected chi connectivity index (χ1v) is 49.5. The maximum atomic E-state index is 6.63. The van der Waals surface area contributed by atoms with Crippen molar-refractivity contribution in [1.82, 2.24) is 52.1 Å². The van der Waals surface area contributed by atoms with E-state index in [1.807, 2.05) is 132 Å². The summed E-state index contributed by atoms with van der Waals surface area (Å²) < 4.78 is 40.9. The van der Waals surface area contributed by atoms with Gasteiger partial charge in [-0.05, 0) is 123 Å². The van der Waals surface area contributed by atoms with Crippen LogP contribution >= 0.6 is 0 Å². The molecule has 0 amide bonds. The molecule has 4 aliphatic rings. The number of furan rings is 1. The van der Waals surface area contributed by atoms with Gasteiger partial charge in [-0.1, -0.05) is 311 Å². The van der Waals surface area contributed by atoms with Crippen molar-refractivity contribution < 1.29 is 86.4 Å². The summed E-state index contributed by atoms with van der Waals surface area (Å²) in [5, 5.41) is 12.0. The summed E-state index contributed by atoms with van der Waals surface area (Å²) in [7, 11) is 4.13. The van der Waals surface area contributed by atoms with Crippen LogP contribution < -0.4 is 29.1 Å². The van der Waals surface area contributed by atoms with Gasteiger partial charge in [-0.25, -0.2) is 15.0 Å². The minimum Gasteiger partial charge on any atom is -0.510 e. The van der Waals surface area contributed by atoms with Crippen molar-refractivity contribution in [2.45, 2.75) is 90.9 Å². The van der Waals surface area contributed by atoms with E-state index < -0.39 is 0 Å². The number of hydrogen-bond donors (Lipinski definition) is 0. The molecule has 0 spiro atoms. The van der Waals surface area contributed by atoms with E-state index in [0.717, 1.165) is 155 Å². The predicted octanol–water partition coefficient (Wildman–Crippen LogP) is 28.5. The van der Waals surface area contributed by atoms with E-state index in [1.54, 1.807) is 0 Å². The molecule has 17 nitrogen and oxygen atoms in total. The smallest absolute Gasteiger partial charge is 0.510 e. The van der Waals surface area contributed by atoms with Crippen molar-refractivity contribution in [2.75, 3.05) is 11.9 Å². The second-order valence-corrected chi connectivity index (χ2v) is 41.1. The molecule has 0 atom stereocenters. The van der Waals surface area contributed by atoms with Gasteiger partial charge in [0.25, 0.3) is 0 Å². The zero-order chi connectivity index (χ0) is 98.4. The molecular weight excluding hydrogens is 2380 g/mol. The van der Waals surface area contributed by atoms with Crippen molar-refractivity contribution >= 4 is 144 Å². The number of imidazole rings is 3. The molecule has 0 saturated heterocycles. The molecule has 30 rings (SSSR count). The number of para-hydroxylation sites is 7. The third kappa shape index (κ3) is 14.3. The van der Waals surface area contributed by atoms with E-state index >= 15 is 0 Å². The summed E-state index contributed by atoms with van der Waals surface area (Å²) in [5.41, 5.74) is 30.7. The summed E-state index contributed by atoms with van der Waals surface area (Å²) >= 11 is 0. The molecule has 26 aromatic rings. The molecule has 0 N–H and O–H groups in total. The zero-order valence-corrected chi connectivity index (χ0v) is 90.1. The van der Waals surface area contributed by atoms with Crippen LogP contribution in [0.2, 0.25) is 0 Å². The van der Waals surface area contributed by atoms with Gasteiger partial charge in [0, 0.05) is 176 Å². The molecule has 728 valence electrons. The second-order valence-electron chi connectivity index (χ2n) is 41.1. The molecule has 149 heavy (non-hydrogen) atoms. The van der Waals surface area contributed by atoms with Gasteiger partial charge in [-0.2, -0.15) is 30.3 Å². The van der Waals surface area contributed by atoms with Crippen LogP contribution in [-0.4, -0.2) is 66.1 Å². The average molecular weight is 2470 g/mol. The Morgan fingerprint density at radius 1 is 0.376 bits per heavy atom. The fourth-order valence-electron chi connectivity index (χ4n) is 23.9. The molecule has 0 bridgehead atoms. The summed E-state index contributed by atoms with van der Waals surface area (Å²) in [6.45, 7) is 22.9. The fourth-order valence-corrected chi connectivity index (χ4v) is 23.9. The van der Waals surface area contributed by atoms with Crippen molar-refractivity contribution in [1.29, 1.82) is 0 Å². The minimum atomic E-state index is -0.135. The molecule has 2 aliphatic carbocycles. The number of nitrogens with zero attached hydrogens (tertiary/aromatic N) is 13. The minimum absolute atomic E-state index is 0. The molecule has 15 aromatic carbocycles. The van der Waals surface area contributed by atoms with E-state index in [9.17, 15) is 0 Å². The standard InChI is InChI=1S/C47H36N4O.C44H34BN5O.C37H22N4O2.3Pt/c1-45(2)36-15-9-7-12-30(36)35-25-48-42(24-38(35)45)50-39-17-10-8-13-31(39)32-21-19-28(23-40(32)50)52-27-18-20-29-33-14-11-16-37-43(33)51-41(47(5,6)46(37,3)4)26-49-44(51)34(29)22-27;1-27-11-10-12-28(2)42(27)45-48(5)38-20-18-29(23-34(38)43-46-21-22-49(43)45)51-30-17-19-33-32-14-7-9-16-39(32)50(40(33)24-30)41-25-37-35(26-47-41)31-13-6-8-15-36(31)44(37,3)4;1-39-23-40(33-15-6-5-14-32(33)39)24-9-8-10-25(19-24)42-26-17-18-28-27-11-2-4-13-31(27)41(34(28)20-26)37-21-36-30(22-38-37)29-12-3-7-16-35(29)43-36;;;/h7-21,24-26H,1-6H3;6-22,25-26H,1-5H3;2-18,21-22H,1H3;;;/q3*-2;;2*+2. The third-order valence-electron chi connectivity index (χ3n) is 31.8. The van der Waals surface area contributed by atoms with Crippen molar-refractivity contribution in [2.24, 2.45) is 7.05 Å². The van der Waals surface area contributed by atoms with E-state index in [0.29, 0.717) is 34.5 Å². The van der Waals surface area contributed by atoms with Crippen LogP contribution in [0.25, 0.3) is 182 Å². The predicted molar refractivity (Wildman–Crippen MR) is 584 cm³/mol. The topological polar surface area (TPSA) is 141 Å². The number of ether oxygens (including phenoxy) is 3. The van der Waals surface area contributed by atoms with Crippen molar-refractivity contribution in [3.05, 3.63) is 428 Å². The van der Waals surface area contributed by atoms with Crippen LogP contribution in [-0.2, 0) is 91.9 Å². The van der Waals surface area contributed by atoms with Gasteiger partial charge in [0.1, 0.15) is 28.6 Å². The Balaban J connectivity index is 0.000000115. The Bertz CT molecular complexity index is 10100. The van der Waals surface area contributed by atoms with Crippen LogP contribution in [0.15, 0.2) is 345 Å². The van der Waals surface area contributed by atoms with Crippen LogP contribution in [0.3, 0.4) is 0 Å². The molecule has 0 unspecified atom stereocenters. The SMILES string of the molecule is CC1(C)c2ccccc2-c2cnc(-n3c4[c-]c(Oc5[c-]c6c(cc5)c5cccc7c5n5c(cnc65)C(C)(C)C7(C)C)ccc4c4ccccc43)cc21.C[n+]1[c-]n(-c2[c-]c(Oc3[c-]c4c(cc3)c3ccccc3n4-c3cc4oc5ccccc5c4cn3)ccc2)c2ccccc21.Cc1cccc(C)c1B1N(C)c2ccc(Oc3[c-]c4c(cc3)c3ccccc3n4-c3cc4c(cn3)-c3ccccc3C4(C)C)[c-]c2-c2nccn21.[Pt+2].[Pt+2].[Pt]. The van der Waals surface area contributed by atoms with Gasteiger partial charge >= 0.3 is 49.1 Å². The number of rotatable bonds is 11. The number of aryl methyl sites for hydroxylation is 3. The van der Waals surface area contributed by atoms with E-state index in [2.05, 4.69) is 371 Å². The van der Waals surface area contributed by atoms with E-state index in [4.69, 9.17) is 43.5 Å². The first kappa shape index (κ1) is 94.2. The van der Waals surface area contributed by atoms with Crippen LogP contribution in [0.4, 0.5) is 5.69 Å². The molecule has 0 radical (unpaired) electrons. The molecule has 0 saturated carbocycles. The van der Waals surface area contributed by atoms with Crippen molar-refractivity contribution in [3.63, 3.8) is 0 Å². The zero-order valence-electron chi connectivity index (χ0n) is 83.3. The van der Waals surface area contributed by atoms with E-state index in [1.165, 1.54) is 83.3 Å². The number of hydrogen-bond acceptors (Lipinski definition) is 10. The quantitative estimate of drug-likeness (QED) is 0.0532. The molecule has 21 heteroatoms. The van der Waals surface area contributed by atoms with Gasteiger partial charge < -0.3 is 55.2 Å². The summed E-state index contributed by atoms with van der Waals surface area (Å²) in [5.74, 6) is 6.99. The van der Waals surface area contributed by atoms with Crippen LogP contribution in [0, 0.1) is 56.6 Å². The maximum Gasteiger partial charge on any atom is 2.00 e. The van der Waals surface area contributed by atoms with Crippen LogP contribution in [0.5, 0.6) is 34.5 Å². The van der Waals surface area contributed by atoms with E-state index in [-0.39, 0.29) is 91.8 Å². The van der Waals surface area contributed by atoms with Crippen molar-refractivity contribution in [3.8, 4) is 91.3 Å². The Morgan fingerprint density at radius 2 is 0.846 bits per heavy atom. The Labute approximate surface area is 903 Å². The number of pyridine rings is 4. The summed E-state index contributed by atoms with van der Waals surface area (Å²) in [6.07, 6.45) is 15.3. The Morgan fingerprint density at radius 3 is 1.44 bits per heavy atom. The molecule has 13 heterocycles. The largest absolute Gasteiger partial charge is 2.00 e. The van der Waals surface area contributed by atoms with Gasteiger partial charge in [0.2, 0.25) is 6.33 Å². The molecular formula is C128H92BN13O4Pt3-2. The van der Waals surface area contributed by atoms with Gasteiger partial charge in [-0.3, -0.25) is 9.97 Å². The van der Waals surface area contributed by atoms with Gasteiger partial charge in [-0.15, -0.1) is 82.9 Å². The average Bonchev–Trinajstić information content (AvgIpc) is 1.05. The number of fused-ring (bicyclic) bond motifs is 25. The number of anilines is 1. The Kier molecular flexibility index (Phi) is 22.2. The fraction of sp³-hybridized carbons (Fsp3) is 0.125. The number of benzene rings is 15. The van der Waals surface area contributed by atoms with Gasteiger partial charge in [0.05, 0.1) is 23.7 Å². The van der Waals surface area contributed by atoms with Crippen LogP contribution in [0.1, 0.15) is 100 Å². The first-order chi connectivity index (χ1) is 71.1. The maximum absolute atomic E-state index is 6.63. The monoisotopic (exact) mass is 2470 g/mol. The molecule has 0 fully saturated rings. The molecule has 2 aliphatic heterocycles. The Hall–Kier alpha value is -15.8. The third-order valence-corrected chi connectivity index (χ3v) is 31.8. The normalized spacial score (nSPS) is 13.9. The first-order valence-electron chi connectivity index (χ1n) is 49.5. The van der Waals surface area contributed by atoms with Gasteiger partial charge in [0.15, 0.2) is 0 Å².